The van der Waals surface area contributed by atoms with Gasteiger partial charge in [-0.15, -0.1) is 0 Å². The summed E-state index contributed by atoms with van der Waals surface area (Å²) in [7, 11) is 0. The largest absolute Gasteiger partial charge is 0.453 e. The van der Waals surface area contributed by atoms with E-state index in [1.54, 1.807) is 12.1 Å². The standard InChI is InChI=1S/C17H19N3O/c1-4-20(5-2)15-10-17-14(8-11(15)3)19-13-7-6-12(18)9-16(13)21-17/h6-10,18H,4-5H2,1-3H3. The molecule has 1 aliphatic carbocycles. The van der Waals surface area contributed by atoms with Crippen LogP contribution < -0.4 is 10.3 Å². The molecule has 1 aromatic rings. The predicted octanol–water partition coefficient (Wildman–Crippen LogP) is 3.57. The number of anilines is 1. The summed E-state index contributed by atoms with van der Waals surface area (Å²) in [5.74, 6) is 0.657. The Hall–Kier alpha value is -2.36. The SMILES string of the molecule is CCN(CC)c1cc2oc3cc(=N)ccc-3nc2cc1C. The third kappa shape index (κ3) is 2.37. The molecule has 0 amide bonds. The van der Waals surface area contributed by atoms with Gasteiger partial charge in [0.15, 0.2) is 11.3 Å². The molecule has 4 heteroatoms. The Labute approximate surface area is 123 Å². The van der Waals surface area contributed by atoms with Crippen LogP contribution in [-0.2, 0) is 0 Å². The molecular formula is C17H19N3O. The summed E-state index contributed by atoms with van der Waals surface area (Å²) in [6.07, 6.45) is 0. The van der Waals surface area contributed by atoms with Crippen LogP contribution in [0, 0.1) is 12.3 Å². The summed E-state index contributed by atoms with van der Waals surface area (Å²) in [6.45, 7) is 8.32. The van der Waals surface area contributed by atoms with Crippen LogP contribution in [-0.4, -0.2) is 18.1 Å². The molecular weight excluding hydrogens is 262 g/mol. The van der Waals surface area contributed by atoms with Gasteiger partial charge in [-0.05, 0) is 44.5 Å². The second-order valence-corrected chi connectivity index (χ2v) is 5.18. The maximum absolute atomic E-state index is 7.69. The lowest BCUT2D eigenvalue weighted by molar-refractivity contribution is 0.611. The van der Waals surface area contributed by atoms with Crippen molar-refractivity contribution in [3.63, 3.8) is 0 Å². The molecule has 0 spiro atoms. The minimum atomic E-state index is 0.434. The molecule has 0 fully saturated rings. The molecule has 108 valence electrons. The fourth-order valence-electron chi connectivity index (χ4n) is 2.67. The van der Waals surface area contributed by atoms with E-state index in [1.807, 2.05) is 6.07 Å². The number of rotatable bonds is 3. The van der Waals surface area contributed by atoms with E-state index in [0.717, 1.165) is 29.9 Å². The van der Waals surface area contributed by atoms with E-state index in [2.05, 4.69) is 42.8 Å². The molecule has 0 atom stereocenters. The zero-order valence-electron chi connectivity index (χ0n) is 12.6. The Bertz CT molecular complexity index is 818. The van der Waals surface area contributed by atoms with Crippen LogP contribution in [0.25, 0.3) is 22.6 Å². The third-order valence-corrected chi connectivity index (χ3v) is 3.80. The second-order valence-electron chi connectivity index (χ2n) is 5.18. The summed E-state index contributed by atoms with van der Waals surface area (Å²) in [5, 5.41) is 8.13. The normalized spacial score (nSPS) is 11.2. The van der Waals surface area contributed by atoms with Gasteiger partial charge < -0.3 is 14.7 Å². The summed E-state index contributed by atoms with van der Waals surface area (Å²) >= 11 is 0. The van der Waals surface area contributed by atoms with E-state index in [9.17, 15) is 0 Å². The highest BCUT2D eigenvalue weighted by Gasteiger charge is 2.12. The number of aromatic nitrogens is 1. The van der Waals surface area contributed by atoms with E-state index in [0.29, 0.717) is 11.1 Å². The summed E-state index contributed by atoms with van der Waals surface area (Å²) in [5.41, 5.74) is 4.78. The maximum atomic E-state index is 7.69. The van der Waals surface area contributed by atoms with Gasteiger partial charge in [-0.2, -0.15) is 0 Å². The molecule has 0 bridgehead atoms. The molecule has 0 aromatic heterocycles. The topological polar surface area (TPSA) is 53.1 Å². The van der Waals surface area contributed by atoms with E-state index in [1.165, 1.54) is 11.3 Å². The number of hydrogen-bond acceptors (Lipinski definition) is 4. The number of nitrogens with one attached hydrogen (secondary N) is 1. The predicted molar refractivity (Wildman–Crippen MR) is 84.8 cm³/mol. The van der Waals surface area contributed by atoms with Gasteiger partial charge in [0.05, 0.1) is 5.36 Å². The van der Waals surface area contributed by atoms with Crippen LogP contribution in [0.2, 0.25) is 0 Å². The zero-order chi connectivity index (χ0) is 15.0. The van der Waals surface area contributed by atoms with E-state index in [-0.39, 0.29) is 0 Å². The molecule has 1 aliphatic heterocycles. The minimum absolute atomic E-state index is 0.434. The van der Waals surface area contributed by atoms with Gasteiger partial charge >= 0.3 is 0 Å². The average Bonchev–Trinajstić information content (AvgIpc) is 2.47. The Morgan fingerprint density at radius 3 is 2.62 bits per heavy atom. The van der Waals surface area contributed by atoms with Crippen molar-refractivity contribution in [3.8, 4) is 11.5 Å². The summed E-state index contributed by atoms with van der Waals surface area (Å²) in [4.78, 5) is 6.94. The average molecular weight is 281 g/mol. The Balaban J connectivity index is 2.27. The lowest BCUT2D eigenvalue weighted by Crippen LogP contribution is -2.22. The number of aryl methyl sites for hydroxylation is 1. The van der Waals surface area contributed by atoms with Gasteiger partial charge in [-0.1, -0.05) is 0 Å². The highest BCUT2D eigenvalue weighted by atomic mass is 16.3. The number of hydrogen-bond donors (Lipinski definition) is 1. The smallest absolute Gasteiger partial charge is 0.155 e. The monoisotopic (exact) mass is 281 g/mol. The van der Waals surface area contributed by atoms with Crippen molar-refractivity contribution >= 4 is 16.8 Å². The third-order valence-electron chi connectivity index (χ3n) is 3.80. The van der Waals surface area contributed by atoms with Crippen LogP contribution in [0.1, 0.15) is 19.4 Å². The summed E-state index contributed by atoms with van der Waals surface area (Å²) in [6, 6.07) is 9.39. The quantitative estimate of drug-likeness (QED) is 0.747. The molecule has 21 heavy (non-hydrogen) atoms. The lowest BCUT2D eigenvalue weighted by atomic mass is 10.1. The van der Waals surface area contributed by atoms with Gasteiger partial charge in [0.2, 0.25) is 0 Å². The van der Waals surface area contributed by atoms with Crippen molar-refractivity contribution in [3.05, 3.63) is 41.3 Å². The van der Waals surface area contributed by atoms with Crippen molar-refractivity contribution in [1.29, 1.82) is 5.41 Å². The van der Waals surface area contributed by atoms with Crippen LogP contribution >= 0.6 is 0 Å². The second kappa shape index (κ2) is 5.20. The Kier molecular flexibility index (Phi) is 3.37. The number of fused-ring (bicyclic) bond motifs is 2. The highest BCUT2D eigenvalue weighted by Crippen LogP contribution is 2.29. The molecule has 1 aromatic carbocycles. The van der Waals surface area contributed by atoms with Gasteiger partial charge in [0.1, 0.15) is 11.2 Å². The van der Waals surface area contributed by atoms with Crippen LogP contribution in [0.3, 0.4) is 0 Å². The molecule has 1 N–H and O–H groups in total. The number of nitrogens with zero attached hydrogens (tertiary/aromatic N) is 2. The molecule has 2 aliphatic rings. The molecule has 0 radical (unpaired) electrons. The van der Waals surface area contributed by atoms with Gasteiger partial charge in [0.25, 0.3) is 0 Å². The van der Waals surface area contributed by atoms with Crippen molar-refractivity contribution in [2.75, 3.05) is 18.0 Å². The lowest BCUT2D eigenvalue weighted by Gasteiger charge is -2.23. The van der Waals surface area contributed by atoms with Crippen molar-refractivity contribution in [1.82, 2.24) is 4.98 Å². The molecule has 4 nitrogen and oxygen atoms in total. The van der Waals surface area contributed by atoms with Crippen LogP contribution in [0.5, 0.6) is 0 Å². The first-order chi connectivity index (χ1) is 10.1. The Morgan fingerprint density at radius 2 is 1.90 bits per heavy atom. The van der Waals surface area contributed by atoms with E-state index >= 15 is 0 Å². The molecule has 0 saturated heterocycles. The molecule has 1 heterocycles. The minimum Gasteiger partial charge on any atom is -0.453 e. The van der Waals surface area contributed by atoms with Crippen LogP contribution in [0.4, 0.5) is 5.69 Å². The number of benzene rings is 2. The first-order valence-electron chi connectivity index (χ1n) is 7.27. The fourth-order valence-corrected chi connectivity index (χ4v) is 2.67. The molecule has 0 unspecified atom stereocenters. The fraction of sp³-hybridized carbons (Fsp3) is 0.294. The Morgan fingerprint density at radius 1 is 1.14 bits per heavy atom. The zero-order valence-corrected chi connectivity index (χ0v) is 12.6. The first kappa shape index (κ1) is 13.6. The van der Waals surface area contributed by atoms with Crippen LogP contribution in [0.15, 0.2) is 34.7 Å². The van der Waals surface area contributed by atoms with Gasteiger partial charge in [0, 0.05) is 30.9 Å². The van der Waals surface area contributed by atoms with Gasteiger partial charge in [-0.25, -0.2) is 4.98 Å². The van der Waals surface area contributed by atoms with Gasteiger partial charge in [-0.3, -0.25) is 0 Å². The highest BCUT2D eigenvalue weighted by molar-refractivity contribution is 5.82. The maximum Gasteiger partial charge on any atom is 0.155 e. The van der Waals surface area contributed by atoms with Crippen molar-refractivity contribution in [2.45, 2.75) is 20.8 Å². The first-order valence-corrected chi connectivity index (χ1v) is 7.27. The molecule has 3 rings (SSSR count). The van der Waals surface area contributed by atoms with Crippen molar-refractivity contribution < 1.29 is 4.42 Å². The summed E-state index contributed by atoms with van der Waals surface area (Å²) < 4.78 is 5.95. The van der Waals surface area contributed by atoms with E-state index in [4.69, 9.17) is 9.83 Å². The molecule has 0 saturated carbocycles. The van der Waals surface area contributed by atoms with E-state index < -0.39 is 0 Å². The van der Waals surface area contributed by atoms with Crippen molar-refractivity contribution in [2.24, 2.45) is 0 Å².